The van der Waals surface area contributed by atoms with Crippen LogP contribution in [0, 0.1) is 0 Å². The van der Waals surface area contributed by atoms with Crippen molar-refractivity contribution in [2.24, 2.45) is 0 Å². The number of hydrogen-bond donors (Lipinski definition) is 0. The fourth-order valence-electron chi connectivity index (χ4n) is 2.06. The van der Waals surface area contributed by atoms with E-state index in [4.69, 9.17) is 0 Å². The Kier molecular flexibility index (Phi) is 6.57. The van der Waals surface area contributed by atoms with E-state index in [0.717, 1.165) is 42.5 Å². The van der Waals surface area contributed by atoms with E-state index < -0.39 is 7.90 Å². The predicted molar refractivity (Wildman–Crippen MR) is 101 cm³/mol. The van der Waals surface area contributed by atoms with E-state index in [0.29, 0.717) is 12.8 Å². The Balaban J connectivity index is 2.24. The lowest BCUT2D eigenvalue weighted by Gasteiger charge is -2.09. The van der Waals surface area contributed by atoms with Gasteiger partial charge in [-0.3, -0.25) is 0 Å². The third-order valence-corrected chi connectivity index (χ3v) is 8.15. The normalized spacial score (nSPS) is 11.1. The molecular weight excluding hydrogens is 344 g/mol. The SMILES string of the molecule is C=CCc1ccccc1SS(=O)(=O)Sc1ccccc1CC=C. The Labute approximate surface area is 145 Å². The van der Waals surface area contributed by atoms with Gasteiger partial charge in [-0.1, -0.05) is 48.6 Å². The van der Waals surface area contributed by atoms with Gasteiger partial charge in [-0.25, -0.2) is 8.42 Å². The molecule has 0 heterocycles. The summed E-state index contributed by atoms with van der Waals surface area (Å²) >= 11 is 0. The van der Waals surface area contributed by atoms with E-state index >= 15 is 0 Å². The van der Waals surface area contributed by atoms with Gasteiger partial charge in [0.2, 0.25) is 0 Å². The molecule has 0 aliphatic carbocycles. The maximum Gasteiger partial charge on any atom is 0.262 e. The van der Waals surface area contributed by atoms with Crippen LogP contribution in [0.3, 0.4) is 0 Å². The first-order valence-corrected chi connectivity index (χ1v) is 11.2. The molecule has 0 spiro atoms. The molecule has 2 aromatic carbocycles. The third kappa shape index (κ3) is 5.30. The predicted octanol–water partition coefficient (Wildman–Crippen LogP) is 5.27. The molecule has 0 aliphatic rings. The highest BCUT2D eigenvalue weighted by Crippen LogP contribution is 2.40. The van der Waals surface area contributed by atoms with Crippen LogP contribution in [0.5, 0.6) is 0 Å². The Morgan fingerprint density at radius 1 is 0.783 bits per heavy atom. The van der Waals surface area contributed by atoms with Crippen molar-refractivity contribution in [2.75, 3.05) is 0 Å². The van der Waals surface area contributed by atoms with Gasteiger partial charge in [-0.15, -0.1) is 13.2 Å². The second-order valence-corrected chi connectivity index (χ2v) is 11.1. The minimum atomic E-state index is -3.40. The van der Waals surface area contributed by atoms with E-state index in [1.807, 2.05) is 48.5 Å². The number of benzene rings is 2. The zero-order valence-corrected chi connectivity index (χ0v) is 15.1. The molecule has 0 saturated carbocycles. The molecule has 0 atom stereocenters. The van der Waals surface area contributed by atoms with E-state index in [9.17, 15) is 8.42 Å². The Bertz CT molecular complexity index is 734. The van der Waals surface area contributed by atoms with E-state index in [1.165, 1.54) is 0 Å². The molecular formula is C18H18O2S3. The lowest BCUT2D eigenvalue weighted by atomic mass is 10.1. The van der Waals surface area contributed by atoms with Gasteiger partial charge in [0.1, 0.15) is 0 Å². The molecule has 120 valence electrons. The summed E-state index contributed by atoms with van der Waals surface area (Å²) in [6.07, 6.45) is 4.85. The van der Waals surface area contributed by atoms with Crippen molar-refractivity contribution < 1.29 is 8.42 Å². The highest BCUT2D eigenvalue weighted by molar-refractivity contribution is 9.04. The lowest BCUT2D eigenvalue weighted by Crippen LogP contribution is -1.93. The topological polar surface area (TPSA) is 34.1 Å². The van der Waals surface area contributed by atoms with Crippen LogP contribution in [0.15, 0.2) is 83.6 Å². The van der Waals surface area contributed by atoms with Crippen LogP contribution in [-0.2, 0) is 20.7 Å². The monoisotopic (exact) mass is 362 g/mol. The molecule has 5 heteroatoms. The highest BCUT2D eigenvalue weighted by Gasteiger charge is 2.18. The average Bonchev–Trinajstić information content (AvgIpc) is 2.51. The van der Waals surface area contributed by atoms with Crippen LogP contribution in [-0.4, -0.2) is 8.42 Å². The Morgan fingerprint density at radius 3 is 1.57 bits per heavy atom. The minimum Gasteiger partial charge on any atom is -0.205 e. The molecule has 2 nitrogen and oxygen atoms in total. The molecule has 2 aromatic rings. The second-order valence-electron chi connectivity index (χ2n) is 4.78. The Hall–Kier alpha value is -1.43. The largest absolute Gasteiger partial charge is 0.262 e. The first-order valence-electron chi connectivity index (χ1n) is 7.07. The summed E-state index contributed by atoms with van der Waals surface area (Å²) in [5.41, 5.74) is 1.94. The van der Waals surface area contributed by atoms with Crippen LogP contribution in [0.4, 0.5) is 0 Å². The van der Waals surface area contributed by atoms with Gasteiger partial charge in [0.05, 0.1) is 0 Å². The number of allylic oxidation sites excluding steroid dienone is 2. The van der Waals surface area contributed by atoms with Gasteiger partial charge in [0.25, 0.3) is 7.90 Å². The molecule has 0 aliphatic heterocycles. The zero-order valence-electron chi connectivity index (χ0n) is 12.6. The number of rotatable bonds is 8. The van der Waals surface area contributed by atoms with Gasteiger partial charge < -0.3 is 0 Å². The third-order valence-electron chi connectivity index (χ3n) is 3.06. The summed E-state index contributed by atoms with van der Waals surface area (Å²) in [5.74, 6) is 0. The van der Waals surface area contributed by atoms with Crippen LogP contribution in [0.25, 0.3) is 0 Å². The first-order chi connectivity index (χ1) is 11.1. The summed E-state index contributed by atoms with van der Waals surface area (Å²) in [5, 5.41) is 0. The summed E-state index contributed by atoms with van der Waals surface area (Å²) in [6, 6.07) is 15.0. The summed E-state index contributed by atoms with van der Waals surface area (Å²) in [4.78, 5) is 1.50. The molecule has 0 amide bonds. The minimum absolute atomic E-state index is 0.649. The fourth-order valence-corrected chi connectivity index (χ4v) is 7.34. The summed E-state index contributed by atoms with van der Waals surface area (Å²) in [7, 11) is -1.61. The van der Waals surface area contributed by atoms with E-state index in [-0.39, 0.29) is 0 Å². The Morgan fingerprint density at radius 2 is 1.17 bits per heavy atom. The lowest BCUT2D eigenvalue weighted by molar-refractivity contribution is 0.623. The van der Waals surface area contributed by atoms with Gasteiger partial charge in [0, 0.05) is 31.4 Å². The summed E-state index contributed by atoms with van der Waals surface area (Å²) in [6.45, 7) is 7.44. The van der Waals surface area contributed by atoms with Crippen molar-refractivity contribution in [3.63, 3.8) is 0 Å². The molecule has 0 radical (unpaired) electrons. The van der Waals surface area contributed by atoms with Crippen molar-refractivity contribution in [2.45, 2.75) is 22.6 Å². The molecule has 23 heavy (non-hydrogen) atoms. The fraction of sp³-hybridized carbons (Fsp3) is 0.111. The standard InChI is InChI=1S/C18H18O2S3/c1-3-9-15-11-5-7-13-17(15)21-23(19,20)22-18-14-8-6-12-16(18)10-4-2/h3-8,11-14H,1-2,9-10H2. The quantitative estimate of drug-likeness (QED) is 0.473. The smallest absolute Gasteiger partial charge is 0.205 e. The average molecular weight is 363 g/mol. The van der Waals surface area contributed by atoms with Gasteiger partial charge in [-0.2, -0.15) is 0 Å². The second kappa shape index (κ2) is 8.43. The van der Waals surface area contributed by atoms with Gasteiger partial charge >= 0.3 is 0 Å². The van der Waals surface area contributed by atoms with Crippen molar-refractivity contribution in [1.82, 2.24) is 0 Å². The first kappa shape index (κ1) is 17.9. The van der Waals surface area contributed by atoms with Crippen LogP contribution < -0.4 is 0 Å². The van der Waals surface area contributed by atoms with Gasteiger partial charge in [-0.05, 0) is 36.1 Å². The van der Waals surface area contributed by atoms with Crippen LogP contribution in [0.1, 0.15) is 11.1 Å². The zero-order chi connectivity index (χ0) is 16.7. The van der Waals surface area contributed by atoms with E-state index in [1.54, 1.807) is 12.2 Å². The maximum atomic E-state index is 12.6. The molecule has 0 fully saturated rings. The molecule has 0 N–H and O–H groups in total. The number of hydrogen-bond acceptors (Lipinski definition) is 4. The van der Waals surface area contributed by atoms with Crippen molar-refractivity contribution in [1.29, 1.82) is 0 Å². The van der Waals surface area contributed by atoms with Crippen LogP contribution in [0.2, 0.25) is 0 Å². The molecule has 2 rings (SSSR count). The van der Waals surface area contributed by atoms with Crippen LogP contribution >= 0.6 is 21.6 Å². The molecule has 0 unspecified atom stereocenters. The van der Waals surface area contributed by atoms with E-state index in [2.05, 4.69) is 13.2 Å². The van der Waals surface area contributed by atoms with Gasteiger partial charge in [0.15, 0.2) is 0 Å². The maximum absolute atomic E-state index is 12.6. The molecule has 0 aromatic heterocycles. The van der Waals surface area contributed by atoms with Crippen molar-refractivity contribution in [3.05, 3.63) is 85.0 Å². The summed E-state index contributed by atoms with van der Waals surface area (Å²) < 4.78 is 25.1. The highest BCUT2D eigenvalue weighted by atomic mass is 33.5. The van der Waals surface area contributed by atoms with Crippen molar-refractivity contribution >= 4 is 29.5 Å². The molecule has 0 saturated heterocycles. The van der Waals surface area contributed by atoms with Crippen molar-refractivity contribution in [3.8, 4) is 0 Å². The molecule has 0 bridgehead atoms.